The fourth-order valence-corrected chi connectivity index (χ4v) is 3.10. The summed E-state index contributed by atoms with van der Waals surface area (Å²) in [6, 6.07) is 1.87. The monoisotopic (exact) mass is 480 g/mol. The van der Waals surface area contributed by atoms with Crippen molar-refractivity contribution in [2.75, 3.05) is 0 Å². The van der Waals surface area contributed by atoms with Gasteiger partial charge in [-0.05, 0) is 32.0 Å². The lowest BCUT2D eigenvalue weighted by Crippen LogP contribution is -2.47. The number of benzene rings is 1. The molecular weight excluding hydrogens is 465 g/mol. The zero-order valence-electron chi connectivity index (χ0n) is 16.7. The molecule has 8 nitrogen and oxygen atoms in total. The van der Waals surface area contributed by atoms with Gasteiger partial charge >= 0.3 is 6.03 Å². The molecule has 3 N–H and O–H groups in total. The Bertz CT molecular complexity index is 1180. The number of amides is 3. The van der Waals surface area contributed by atoms with E-state index in [-0.39, 0.29) is 32.4 Å². The number of nitrogens with zero attached hydrogens (tertiary/aromatic N) is 3. The van der Waals surface area contributed by atoms with Gasteiger partial charge in [-0.2, -0.15) is 0 Å². The summed E-state index contributed by atoms with van der Waals surface area (Å²) in [5, 5.41) is 2.31. The van der Waals surface area contributed by atoms with E-state index >= 15 is 0 Å². The lowest BCUT2D eigenvalue weighted by atomic mass is 10.1. The average Bonchev–Trinajstić information content (AvgIpc) is 2.74. The van der Waals surface area contributed by atoms with Crippen LogP contribution in [0.5, 0.6) is 0 Å². The van der Waals surface area contributed by atoms with Gasteiger partial charge in [0.2, 0.25) is 0 Å². The highest BCUT2D eigenvalue weighted by Gasteiger charge is 2.18. The third-order valence-electron chi connectivity index (χ3n) is 4.26. The van der Waals surface area contributed by atoms with Crippen molar-refractivity contribution < 1.29 is 18.4 Å². The summed E-state index contributed by atoms with van der Waals surface area (Å²) in [5.41, 5.74) is 4.77. The Morgan fingerprint density at radius 2 is 1.66 bits per heavy atom. The Morgan fingerprint density at radius 1 is 0.969 bits per heavy atom. The molecule has 0 spiro atoms. The third kappa shape index (κ3) is 5.45. The van der Waals surface area contributed by atoms with E-state index in [1.165, 1.54) is 31.6 Å². The first kappa shape index (κ1) is 23.3. The second kappa shape index (κ2) is 9.84. The highest BCUT2D eigenvalue weighted by atomic mass is 35.5. The van der Waals surface area contributed by atoms with Gasteiger partial charge in [0.05, 0.1) is 22.3 Å². The predicted molar refractivity (Wildman–Crippen MR) is 114 cm³/mol. The van der Waals surface area contributed by atoms with E-state index in [9.17, 15) is 18.4 Å². The number of hydrogen-bond donors (Lipinski definition) is 3. The molecule has 3 amide bonds. The number of aryl methyl sites for hydroxylation is 1. The van der Waals surface area contributed by atoms with E-state index in [0.29, 0.717) is 5.82 Å². The first-order valence-corrected chi connectivity index (χ1v) is 9.87. The van der Waals surface area contributed by atoms with Gasteiger partial charge in [-0.1, -0.05) is 23.2 Å². The Morgan fingerprint density at radius 3 is 2.31 bits per heavy atom. The molecule has 0 saturated heterocycles. The van der Waals surface area contributed by atoms with Crippen molar-refractivity contribution in [2.24, 2.45) is 0 Å². The van der Waals surface area contributed by atoms with Crippen LogP contribution in [0, 0.1) is 18.6 Å². The standard InChI is InChI=1S/C20H16Cl2F2N6O2/c1-9(28-20(32)30-29-19(31)12-7-25-10(2)26-8-12)18-16(24)3-11(6-27-18)14-4-13(21)5-15(23)17(14)22/h3-9H,1-2H3,(H,29,31)(H2,28,30,32)/t9-/m1/s1. The Balaban J connectivity index is 1.65. The van der Waals surface area contributed by atoms with Crippen molar-refractivity contribution in [1.82, 2.24) is 31.1 Å². The van der Waals surface area contributed by atoms with Crippen LogP contribution in [0.2, 0.25) is 10.0 Å². The maximum Gasteiger partial charge on any atom is 0.334 e. The minimum Gasteiger partial charge on any atom is -0.329 e. The molecule has 3 rings (SSSR count). The molecule has 0 unspecified atom stereocenters. The molecule has 0 aliphatic rings. The van der Waals surface area contributed by atoms with Gasteiger partial charge in [0, 0.05) is 34.7 Å². The van der Waals surface area contributed by atoms with Crippen molar-refractivity contribution in [3.05, 3.63) is 75.6 Å². The van der Waals surface area contributed by atoms with Gasteiger partial charge in [0.15, 0.2) is 0 Å². The number of aromatic nitrogens is 3. The fourth-order valence-electron chi connectivity index (χ4n) is 2.68. The lowest BCUT2D eigenvalue weighted by Gasteiger charge is -2.16. The van der Waals surface area contributed by atoms with Crippen LogP contribution in [0.25, 0.3) is 11.1 Å². The molecule has 2 heterocycles. The summed E-state index contributed by atoms with van der Waals surface area (Å²) in [6.07, 6.45) is 3.89. The zero-order valence-corrected chi connectivity index (χ0v) is 18.2. The molecular formula is C20H16Cl2F2N6O2. The Kier molecular flexibility index (Phi) is 7.16. The second-order valence-corrected chi connectivity index (χ2v) is 7.45. The number of urea groups is 1. The number of carbonyl (C=O) groups excluding carboxylic acids is 2. The van der Waals surface area contributed by atoms with Crippen molar-refractivity contribution >= 4 is 35.1 Å². The number of hydrogen-bond acceptors (Lipinski definition) is 5. The average molecular weight is 481 g/mol. The summed E-state index contributed by atoms with van der Waals surface area (Å²) >= 11 is 11.8. The van der Waals surface area contributed by atoms with Crippen molar-refractivity contribution in [3.63, 3.8) is 0 Å². The topological polar surface area (TPSA) is 109 Å². The highest BCUT2D eigenvalue weighted by molar-refractivity contribution is 6.35. The molecule has 1 atom stereocenters. The Labute approximate surface area is 191 Å². The van der Waals surface area contributed by atoms with Crippen LogP contribution in [0.3, 0.4) is 0 Å². The summed E-state index contributed by atoms with van der Waals surface area (Å²) in [7, 11) is 0. The molecule has 1 aromatic carbocycles. The fraction of sp³-hybridized carbons (Fsp3) is 0.150. The number of hydrazine groups is 1. The first-order valence-electron chi connectivity index (χ1n) is 9.11. The summed E-state index contributed by atoms with van der Waals surface area (Å²) < 4.78 is 28.5. The summed E-state index contributed by atoms with van der Waals surface area (Å²) in [6.45, 7) is 3.16. The van der Waals surface area contributed by atoms with Gasteiger partial charge < -0.3 is 5.32 Å². The smallest absolute Gasteiger partial charge is 0.329 e. The molecule has 2 aromatic heterocycles. The second-order valence-electron chi connectivity index (χ2n) is 6.63. The van der Waals surface area contributed by atoms with Crippen LogP contribution in [-0.4, -0.2) is 26.9 Å². The molecule has 32 heavy (non-hydrogen) atoms. The molecule has 0 aliphatic heterocycles. The first-order chi connectivity index (χ1) is 15.2. The molecule has 3 aromatic rings. The van der Waals surface area contributed by atoms with Gasteiger partial charge in [0.25, 0.3) is 5.91 Å². The maximum absolute atomic E-state index is 14.6. The maximum atomic E-state index is 14.6. The minimum absolute atomic E-state index is 0.0826. The van der Waals surface area contributed by atoms with Crippen LogP contribution in [0.4, 0.5) is 13.6 Å². The molecule has 166 valence electrons. The van der Waals surface area contributed by atoms with Crippen LogP contribution in [-0.2, 0) is 0 Å². The predicted octanol–water partition coefficient (Wildman–Crippen LogP) is 4.14. The normalized spacial score (nSPS) is 11.6. The zero-order chi connectivity index (χ0) is 23.4. The molecule has 0 fully saturated rings. The molecule has 0 radical (unpaired) electrons. The van der Waals surface area contributed by atoms with Crippen LogP contribution in [0.15, 0.2) is 36.8 Å². The van der Waals surface area contributed by atoms with Gasteiger partial charge in [-0.25, -0.2) is 29.0 Å². The van der Waals surface area contributed by atoms with Crippen molar-refractivity contribution in [1.29, 1.82) is 0 Å². The highest BCUT2D eigenvalue weighted by Crippen LogP contribution is 2.33. The van der Waals surface area contributed by atoms with Crippen LogP contribution < -0.4 is 16.2 Å². The van der Waals surface area contributed by atoms with E-state index in [1.54, 1.807) is 6.92 Å². The molecule has 0 aliphatic carbocycles. The summed E-state index contributed by atoms with van der Waals surface area (Å²) in [5.74, 6) is -1.64. The number of pyridine rings is 1. The van der Waals surface area contributed by atoms with E-state index < -0.39 is 29.6 Å². The van der Waals surface area contributed by atoms with Crippen molar-refractivity contribution in [3.8, 4) is 11.1 Å². The number of carbonyl (C=O) groups is 2. The number of nitrogens with one attached hydrogen (secondary N) is 3. The molecule has 0 saturated carbocycles. The van der Waals surface area contributed by atoms with Gasteiger partial charge in [-0.15, -0.1) is 0 Å². The third-order valence-corrected chi connectivity index (χ3v) is 4.87. The molecule has 12 heteroatoms. The van der Waals surface area contributed by atoms with E-state index in [4.69, 9.17) is 23.2 Å². The molecule has 0 bridgehead atoms. The quantitative estimate of drug-likeness (QED) is 0.384. The van der Waals surface area contributed by atoms with Crippen LogP contribution in [0.1, 0.15) is 34.8 Å². The van der Waals surface area contributed by atoms with Crippen LogP contribution >= 0.6 is 23.2 Å². The van der Waals surface area contributed by atoms with Gasteiger partial charge in [-0.3, -0.25) is 15.2 Å². The van der Waals surface area contributed by atoms with Gasteiger partial charge in [0.1, 0.15) is 17.5 Å². The SMILES string of the molecule is Cc1ncc(C(=O)NNC(=O)N[C@H](C)c2ncc(-c3cc(Cl)cc(F)c3Cl)cc2F)cn1. The summed E-state index contributed by atoms with van der Waals surface area (Å²) in [4.78, 5) is 35.8. The largest absolute Gasteiger partial charge is 0.334 e. The number of halogens is 4. The van der Waals surface area contributed by atoms with E-state index in [0.717, 1.165) is 12.1 Å². The Hall–Kier alpha value is -3.37. The van der Waals surface area contributed by atoms with E-state index in [2.05, 4.69) is 31.1 Å². The number of rotatable bonds is 4. The minimum atomic E-state index is -0.866. The van der Waals surface area contributed by atoms with Crippen molar-refractivity contribution in [2.45, 2.75) is 19.9 Å². The van der Waals surface area contributed by atoms with E-state index in [1.807, 2.05) is 0 Å². The lowest BCUT2D eigenvalue weighted by molar-refractivity contribution is 0.0935.